The van der Waals surface area contributed by atoms with Gasteiger partial charge in [-0.2, -0.15) is 0 Å². The van der Waals surface area contributed by atoms with Crippen LogP contribution in [-0.2, 0) is 10.2 Å². The second kappa shape index (κ2) is 8.96. The maximum absolute atomic E-state index is 13.1. The summed E-state index contributed by atoms with van der Waals surface area (Å²) in [7, 11) is 3.00. The van der Waals surface area contributed by atoms with Gasteiger partial charge in [0, 0.05) is 31.7 Å². The standard InChI is InChI=1S/C23H27ClN2O4/c1-23(2,17-8-6-5-7-9-17)22(28)26-12-10-25(11-13-26)21(27)16-14-18(24)20(30-4)19(15-16)29-3/h5-9,14-15H,10-13H2,1-4H3. The predicted molar refractivity (Wildman–Crippen MR) is 117 cm³/mol. The Hall–Kier alpha value is -2.73. The summed E-state index contributed by atoms with van der Waals surface area (Å²) >= 11 is 6.24. The number of amides is 2. The first-order chi connectivity index (χ1) is 14.3. The van der Waals surface area contributed by atoms with Gasteiger partial charge in [-0.05, 0) is 31.5 Å². The number of hydrogen-bond acceptors (Lipinski definition) is 4. The number of benzene rings is 2. The quantitative estimate of drug-likeness (QED) is 0.727. The van der Waals surface area contributed by atoms with Crippen molar-refractivity contribution in [1.29, 1.82) is 0 Å². The van der Waals surface area contributed by atoms with Gasteiger partial charge in [-0.3, -0.25) is 9.59 Å². The molecule has 1 fully saturated rings. The van der Waals surface area contributed by atoms with E-state index < -0.39 is 5.41 Å². The molecule has 0 aliphatic carbocycles. The van der Waals surface area contributed by atoms with E-state index in [0.717, 1.165) is 5.56 Å². The van der Waals surface area contributed by atoms with Crippen molar-refractivity contribution in [1.82, 2.24) is 9.80 Å². The van der Waals surface area contributed by atoms with E-state index in [1.54, 1.807) is 17.0 Å². The van der Waals surface area contributed by atoms with Crippen molar-refractivity contribution in [3.8, 4) is 11.5 Å². The van der Waals surface area contributed by atoms with Gasteiger partial charge in [-0.15, -0.1) is 0 Å². The molecular weight excluding hydrogens is 404 g/mol. The summed E-state index contributed by atoms with van der Waals surface area (Å²) in [5, 5.41) is 0.318. The van der Waals surface area contributed by atoms with Crippen LogP contribution in [0.15, 0.2) is 42.5 Å². The molecule has 0 unspecified atom stereocenters. The Morgan fingerprint density at radius 2 is 1.53 bits per heavy atom. The molecular formula is C23H27ClN2O4. The molecule has 0 saturated carbocycles. The molecule has 0 atom stereocenters. The number of rotatable bonds is 5. The minimum atomic E-state index is -0.621. The van der Waals surface area contributed by atoms with Crippen molar-refractivity contribution in [2.75, 3.05) is 40.4 Å². The highest BCUT2D eigenvalue weighted by Crippen LogP contribution is 2.36. The highest BCUT2D eigenvalue weighted by atomic mass is 35.5. The van der Waals surface area contributed by atoms with Gasteiger partial charge in [0.2, 0.25) is 5.91 Å². The van der Waals surface area contributed by atoms with E-state index in [1.165, 1.54) is 14.2 Å². The van der Waals surface area contributed by atoms with E-state index in [4.69, 9.17) is 21.1 Å². The van der Waals surface area contributed by atoms with Gasteiger partial charge in [0.25, 0.3) is 5.91 Å². The number of halogens is 1. The maximum Gasteiger partial charge on any atom is 0.254 e. The van der Waals surface area contributed by atoms with E-state index in [1.807, 2.05) is 49.1 Å². The van der Waals surface area contributed by atoms with Crippen LogP contribution in [0.25, 0.3) is 0 Å². The van der Waals surface area contributed by atoms with Gasteiger partial charge < -0.3 is 19.3 Å². The molecule has 0 N–H and O–H groups in total. The number of carbonyl (C=O) groups excluding carboxylic acids is 2. The van der Waals surface area contributed by atoms with E-state index in [-0.39, 0.29) is 11.8 Å². The number of piperazine rings is 1. The fraction of sp³-hybridized carbons (Fsp3) is 0.391. The summed E-state index contributed by atoms with van der Waals surface area (Å²) in [6.07, 6.45) is 0. The van der Waals surface area contributed by atoms with Crippen molar-refractivity contribution in [3.63, 3.8) is 0 Å². The summed E-state index contributed by atoms with van der Waals surface area (Å²) in [6, 6.07) is 13.0. The molecule has 0 radical (unpaired) electrons. The van der Waals surface area contributed by atoms with Gasteiger partial charge in [-0.25, -0.2) is 0 Å². The third-order valence-corrected chi connectivity index (χ3v) is 5.85. The van der Waals surface area contributed by atoms with Gasteiger partial charge in [0.15, 0.2) is 11.5 Å². The zero-order valence-electron chi connectivity index (χ0n) is 17.8. The number of carbonyl (C=O) groups is 2. The fourth-order valence-corrected chi connectivity index (χ4v) is 4.00. The maximum atomic E-state index is 13.1. The Balaban J connectivity index is 1.69. The molecule has 6 nitrogen and oxygen atoms in total. The van der Waals surface area contributed by atoms with Crippen molar-refractivity contribution < 1.29 is 19.1 Å². The van der Waals surface area contributed by atoms with Crippen molar-refractivity contribution in [3.05, 3.63) is 58.6 Å². The number of hydrogen-bond donors (Lipinski definition) is 0. The molecule has 1 aliphatic rings. The number of ether oxygens (including phenoxy) is 2. The zero-order chi connectivity index (χ0) is 21.9. The highest BCUT2D eigenvalue weighted by Gasteiger charge is 2.35. The lowest BCUT2D eigenvalue weighted by molar-refractivity contribution is -0.137. The molecule has 0 bridgehead atoms. The SMILES string of the molecule is COc1cc(C(=O)N2CCN(C(=O)C(C)(C)c3ccccc3)CC2)cc(Cl)c1OC. The molecule has 30 heavy (non-hydrogen) atoms. The Labute approximate surface area is 182 Å². The summed E-state index contributed by atoms with van der Waals surface area (Å²) in [5.74, 6) is 0.725. The zero-order valence-corrected chi connectivity index (χ0v) is 18.5. The van der Waals surface area contributed by atoms with Crippen LogP contribution in [0.4, 0.5) is 0 Å². The fourth-order valence-electron chi connectivity index (χ4n) is 3.71. The number of nitrogens with zero attached hydrogens (tertiary/aromatic N) is 2. The molecule has 1 aliphatic heterocycles. The van der Waals surface area contributed by atoms with Crippen molar-refractivity contribution >= 4 is 23.4 Å². The number of methoxy groups -OCH3 is 2. The molecule has 160 valence electrons. The second-order valence-electron chi connectivity index (χ2n) is 7.77. The summed E-state index contributed by atoms with van der Waals surface area (Å²) in [4.78, 5) is 29.7. The van der Waals surface area contributed by atoms with Crippen LogP contribution in [0, 0.1) is 0 Å². The second-order valence-corrected chi connectivity index (χ2v) is 8.18. The van der Waals surface area contributed by atoms with Gasteiger partial charge in [-0.1, -0.05) is 41.9 Å². The van der Waals surface area contributed by atoms with Crippen LogP contribution in [0.3, 0.4) is 0 Å². The molecule has 2 aromatic carbocycles. The molecule has 2 aromatic rings. The third-order valence-electron chi connectivity index (χ3n) is 5.56. The average molecular weight is 431 g/mol. The van der Waals surface area contributed by atoms with Crippen molar-refractivity contribution in [2.24, 2.45) is 0 Å². The van der Waals surface area contributed by atoms with Crippen LogP contribution in [0.5, 0.6) is 11.5 Å². The molecule has 7 heteroatoms. The molecule has 0 spiro atoms. The van der Waals surface area contributed by atoms with E-state index in [2.05, 4.69) is 0 Å². The Bertz CT molecular complexity index is 922. The normalized spacial score (nSPS) is 14.4. The highest BCUT2D eigenvalue weighted by molar-refractivity contribution is 6.32. The van der Waals surface area contributed by atoms with Crippen LogP contribution < -0.4 is 9.47 Å². The van der Waals surface area contributed by atoms with Crippen LogP contribution in [0.2, 0.25) is 5.02 Å². The minimum Gasteiger partial charge on any atom is -0.493 e. The summed E-state index contributed by atoms with van der Waals surface area (Å²) < 4.78 is 10.5. The van der Waals surface area contributed by atoms with Gasteiger partial charge in [0.05, 0.1) is 24.7 Å². The minimum absolute atomic E-state index is 0.0648. The Kier molecular flexibility index (Phi) is 6.56. The van der Waals surface area contributed by atoms with E-state index in [9.17, 15) is 9.59 Å². The van der Waals surface area contributed by atoms with Gasteiger partial charge >= 0.3 is 0 Å². The molecule has 2 amide bonds. The van der Waals surface area contributed by atoms with Crippen LogP contribution >= 0.6 is 11.6 Å². The van der Waals surface area contributed by atoms with E-state index in [0.29, 0.717) is 48.3 Å². The smallest absolute Gasteiger partial charge is 0.254 e. The lowest BCUT2D eigenvalue weighted by Gasteiger charge is -2.39. The lowest BCUT2D eigenvalue weighted by Crippen LogP contribution is -2.54. The molecule has 1 saturated heterocycles. The average Bonchev–Trinajstić information content (AvgIpc) is 2.78. The molecule has 0 aromatic heterocycles. The van der Waals surface area contributed by atoms with E-state index >= 15 is 0 Å². The largest absolute Gasteiger partial charge is 0.493 e. The van der Waals surface area contributed by atoms with Gasteiger partial charge in [0.1, 0.15) is 0 Å². The molecule has 1 heterocycles. The lowest BCUT2D eigenvalue weighted by atomic mass is 9.83. The first-order valence-electron chi connectivity index (χ1n) is 9.85. The summed E-state index contributed by atoms with van der Waals surface area (Å²) in [6.45, 7) is 5.77. The first-order valence-corrected chi connectivity index (χ1v) is 10.2. The summed E-state index contributed by atoms with van der Waals surface area (Å²) in [5.41, 5.74) is 0.792. The monoisotopic (exact) mass is 430 g/mol. The predicted octanol–water partition coefficient (Wildman–Crippen LogP) is 3.62. The Morgan fingerprint density at radius 1 is 0.933 bits per heavy atom. The first kappa shape index (κ1) is 22.0. The Morgan fingerprint density at radius 3 is 2.10 bits per heavy atom. The topological polar surface area (TPSA) is 59.1 Å². The molecule has 3 rings (SSSR count). The van der Waals surface area contributed by atoms with Crippen LogP contribution in [0.1, 0.15) is 29.8 Å². The van der Waals surface area contributed by atoms with Crippen molar-refractivity contribution in [2.45, 2.75) is 19.3 Å². The van der Waals surface area contributed by atoms with Crippen LogP contribution in [-0.4, -0.2) is 62.0 Å². The third kappa shape index (κ3) is 4.24.